The number of rotatable bonds is 4. The lowest BCUT2D eigenvalue weighted by Gasteiger charge is -2.27. The van der Waals surface area contributed by atoms with Crippen LogP contribution in [-0.2, 0) is 0 Å². The lowest BCUT2D eigenvalue weighted by Crippen LogP contribution is -2.19. The van der Waals surface area contributed by atoms with Gasteiger partial charge in [0, 0.05) is 19.8 Å². The van der Waals surface area contributed by atoms with Crippen molar-refractivity contribution in [2.24, 2.45) is 29.6 Å². The molecule has 0 aliphatic heterocycles. The molecule has 1 nitrogen and oxygen atoms in total. The summed E-state index contributed by atoms with van der Waals surface area (Å²) >= 11 is 0. The predicted octanol–water partition coefficient (Wildman–Crippen LogP) is 6.98. The van der Waals surface area contributed by atoms with Crippen LogP contribution in [0.25, 0.3) is 6.08 Å². The third kappa shape index (κ3) is 4.57. The molecule has 1 aromatic rings. The fraction of sp³-hybridized carbons (Fsp3) is 0.538. The van der Waals surface area contributed by atoms with Gasteiger partial charge in [-0.15, -0.1) is 0 Å². The molecule has 0 heterocycles. The quantitative estimate of drug-likeness (QED) is 0.558. The van der Waals surface area contributed by atoms with E-state index in [0.29, 0.717) is 0 Å². The zero-order valence-electron chi connectivity index (χ0n) is 18.1. The van der Waals surface area contributed by atoms with E-state index in [9.17, 15) is 0 Å². The van der Waals surface area contributed by atoms with E-state index in [2.05, 4.69) is 95.3 Å². The van der Waals surface area contributed by atoms with Crippen molar-refractivity contribution in [1.82, 2.24) is 0 Å². The van der Waals surface area contributed by atoms with Crippen molar-refractivity contribution in [1.29, 1.82) is 0 Å². The molecule has 0 spiro atoms. The van der Waals surface area contributed by atoms with E-state index < -0.39 is 0 Å². The highest BCUT2D eigenvalue weighted by atomic mass is 15.1. The zero-order valence-corrected chi connectivity index (χ0v) is 18.1. The monoisotopic (exact) mass is 363 g/mol. The van der Waals surface area contributed by atoms with Gasteiger partial charge in [0.1, 0.15) is 0 Å². The van der Waals surface area contributed by atoms with Crippen molar-refractivity contribution in [3.63, 3.8) is 0 Å². The Morgan fingerprint density at radius 2 is 1.78 bits per heavy atom. The smallest absolute Gasteiger partial charge is 0.0361 e. The minimum atomic E-state index is 0.717. The molecule has 27 heavy (non-hydrogen) atoms. The van der Waals surface area contributed by atoms with Crippen LogP contribution in [0.15, 0.2) is 53.6 Å². The van der Waals surface area contributed by atoms with Crippen LogP contribution in [0.1, 0.15) is 52.5 Å². The van der Waals surface area contributed by atoms with Crippen molar-refractivity contribution in [2.75, 3.05) is 19.0 Å². The second kappa shape index (κ2) is 8.50. The molecule has 1 fully saturated rings. The maximum atomic E-state index is 2.48. The summed E-state index contributed by atoms with van der Waals surface area (Å²) in [5.41, 5.74) is 5.67. The van der Waals surface area contributed by atoms with E-state index >= 15 is 0 Å². The molecular weight excluding hydrogens is 326 g/mol. The van der Waals surface area contributed by atoms with Gasteiger partial charge in [-0.1, -0.05) is 62.8 Å². The number of hydrogen-bond acceptors (Lipinski definition) is 1. The van der Waals surface area contributed by atoms with Crippen LogP contribution < -0.4 is 4.90 Å². The van der Waals surface area contributed by atoms with E-state index in [1.165, 1.54) is 30.5 Å². The van der Waals surface area contributed by atoms with Gasteiger partial charge in [0.25, 0.3) is 0 Å². The third-order valence-corrected chi connectivity index (χ3v) is 6.89. The van der Waals surface area contributed by atoms with Gasteiger partial charge in [0.15, 0.2) is 0 Å². The summed E-state index contributed by atoms with van der Waals surface area (Å²) in [6.45, 7) is 9.65. The number of benzene rings is 1. The molecule has 4 unspecified atom stereocenters. The Bertz CT molecular complexity index is 717. The Hall–Kier alpha value is -1.76. The van der Waals surface area contributed by atoms with Gasteiger partial charge in [-0.3, -0.25) is 0 Å². The number of nitrogens with zero attached hydrogens (tertiary/aromatic N) is 1. The van der Waals surface area contributed by atoms with Gasteiger partial charge in [0.05, 0.1) is 0 Å². The van der Waals surface area contributed by atoms with Crippen LogP contribution in [0.5, 0.6) is 0 Å². The number of hydrogen-bond donors (Lipinski definition) is 0. The van der Waals surface area contributed by atoms with Crippen molar-refractivity contribution in [2.45, 2.75) is 47.0 Å². The van der Waals surface area contributed by atoms with Crippen molar-refractivity contribution >= 4 is 11.8 Å². The largest absolute Gasteiger partial charge is 0.378 e. The van der Waals surface area contributed by atoms with Crippen molar-refractivity contribution in [3.05, 3.63) is 59.2 Å². The molecule has 0 aromatic heterocycles. The summed E-state index contributed by atoms with van der Waals surface area (Å²) in [4.78, 5) is 2.14. The topological polar surface area (TPSA) is 3.24 Å². The fourth-order valence-corrected chi connectivity index (χ4v) is 5.06. The first-order valence-corrected chi connectivity index (χ1v) is 10.7. The Morgan fingerprint density at radius 3 is 2.41 bits per heavy atom. The van der Waals surface area contributed by atoms with Gasteiger partial charge in [-0.05, 0) is 79.0 Å². The molecule has 3 rings (SSSR count). The van der Waals surface area contributed by atoms with Crippen LogP contribution in [0, 0.1) is 29.6 Å². The SMILES string of the molecule is CC1=C/C(=C\C=C\c2ccc(N(C)C)cc2)C2C(C)CCC(C(C)C)CC12. The van der Waals surface area contributed by atoms with Gasteiger partial charge < -0.3 is 4.90 Å². The van der Waals surface area contributed by atoms with Crippen LogP contribution in [0.4, 0.5) is 5.69 Å². The van der Waals surface area contributed by atoms with E-state index in [1.54, 1.807) is 11.1 Å². The van der Waals surface area contributed by atoms with E-state index in [-0.39, 0.29) is 0 Å². The first-order chi connectivity index (χ1) is 12.9. The van der Waals surface area contributed by atoms with Crippen molar-refractivity contribution in [3.8, 4) is 0 Å². The van der Waals surface area contributed by atoms with Crippen LogP contribution in [0.3, 0.4) is 0 Å². The molecule has 1 aromatic carbocycles. The molecule has 1 heteroatoms. The molecule has 2 aliphatic rings. The van der Waals surface area contributed by atoms with Gasteiger partial charge in [-0.2, -0.15) is 0 Å². The maximum absolute atomic E-state index is 2.48. The predicted molar refractivity (Wildman–Crippen MR) is 120 cm³/mol. The molecule has 0 amide bonds. The van der Waals surface area contributed by atoms with Crippen molar-refractivity contribution < 1.29 is 0 Å². The van der Waals surface area contributed by atoms with Crippen LogP contribution in [0.2, 0.25) is 0 Å². The standard InChI is InChI=1S/C26H37N/c1-18(2)22-13-10-19(3)26-23(16-20(4)25(26)17-22)9-7-8-21-11-14-24(15-12-21)27(5)6/h7-9,11-12,14-16,18-19,22,25-26H,10,13,17H2,1-6H3/b8-7+,23-9+. The third-order valence-electron chi connectivity index (χ3n) is 6.89. The van der Waals surface area contributed by atoms with Crippen LogP contribution in [-0.4, -0.2) is 14.1 Å². The van der Waals surface area contributed by atoms with E-state index in [0.717, 1.165) is 29.6 Å². The Labute approximate surface area is 166 Å². The zero-order chi connectivity index (χ0) is 19.6. The Balaban J connectivity index is 1.76. The molecular formula is C26H37N. The lowest BCUT2D eigenvalue weighted by atomic mass is 9.77. The summed E-state index contributed by atoms with van der Waals surface area (Å²) in [6.07, 6.45) is 13.5. The molecule has 0 saturated heterocycles. The van der Waals surface area contributed by atoms with Gasteiger partial charge in [-0.25, -0.2) is 0 Å². The van der Waals surface area contributed by atoms with E-state index in [4.69, 9.17) is 0 Å². The average molecular weight is 364 g/mol. The summed E-state index contributed by atoms with van der Waals surface area (Å²) in [7, 11) is 4.16. The van der Waals surface area contributed by atoms with Gasteiger partial charge >= 0.3 is 0 Å². The maximum Gasteiger partial charge on any atom is 0.0361 e. The minimum Gasteiger partial charge on any atom is -0.378 e. The fourth-order valence-electron chi connectivity index (χ4n) is 5.06. The summed E-state index contributed by atoms with van der Waals surface area (Å²) < 4.78 is 0. The first-order valence-electron chi connectivity index (χ1n) is 10.7. The molecule has 2 aliphatic carbocycles. The van der Waals surface area contributed by atoms with Gasteiger partial charge in [0.2, 0.25) is 0 Å². The summed E-state index contributed by atoms with van der Waals surface area (Å²) in [5.74, 6) is 3.95. The second-order valence-electron chi connectivity index (χ2n) is 9.33. The number of allylic oxidation sites excluding steroid dienone is 5. The number of anilines is 1. The second-order valence-corrected chi connectivity index (χ2v) is 9.33. The molecule has 0 bridgehead atoms. The molecule has 0 radical (unpaired) electrons. The molecule has 4 atom stereocenters. The Kier molecular flexibility index (Phi) is 6.29. The molecule has 0 N–H and O–H groups in total. The normalized spacial score (nSPS) is 29.9. The Morgan fingerprint density at radius 1 is 1.07 bits per heavy atom. The summed E-state index contributed by atoms with van der Waals surface area (Å²) in [5, 5.41) is 0. The highest BCUT2D eigenvalue weighted by molar-refractivity contribution is 5.57. The molecule has 146 valence electrons. The number of fused-ring (bicyclic) bond motifs is 1. The van der Waals surface area contributed by atoms with E-state index in [1.807, 2.05) is 0 Å². The lowest BCUT2D eigenvalue weighted by molar-refractivity contribution is 0.299. The highest BCUT2D eigenvalue weighted by Gasteiger charge is 2.39. The van der Waals surface area contributed by atoms with Crippen LogP contribution >= 0.6 is 0 Å². The first kappa shape index (κ1) is 20.0. The average Bonchev–Trinajstić information content (AvgIpc) is 2.82. The molecule has 1 saturated carbocycles. The highest BCUT2D eigenvalue weighted by Crippen LogP contribution is 2.49. The summed E-state index contributed by atoms with van der Waals surface area (Å²) in [6, 6.07) is 8.76. The minimum absolute atomic E-state index is 0.717.